The summed E-state index contributed by atoms with van der Waals surface area (Å²) in [6.07, 6.45) is 0. The Kier molecular flexibility index (Phi) is 3.48. The van der Waals surface area contributed by atoms with Crippen molar-refractivity contribution in [1.29, 1.82) is 0 Å². The number of carbonyl (C=O) groups excluding carboxylic acids is 1. The van der Waals surface area contributed by atoms with Crippen LogP contribution in [-0.2, 0) is 9.53 Å². The smallest absolute Gasteiger partial charge is 0.325 e. The Labute approximate surface area is 66.5 Å². The molecule has 2 N–H and O–H groups in total. The molecule has 0 saturated heterocycles. The molecule has 0 aromatic rings. The highest BCUT2D eigenvalue weighted by Gasteiger charge is 2.20. The summed E-state index contributed by atoms with van der Waals surface area (Å²) in [5.41, 5.74) is 1.31. The molecule has 0 saturated carbocycles. The molecule has 0 heterocycles. The summed E-state index contributed by atoms with van der Waals surface area (Å²) in [5.74, 6) is -0.458. The molecule has 0 radical (unpaired) electrons. The molecule has 0 unspecified atom stereocenters. The third-order valence-electron chi connectivity index (χ3n) is 0.954. The molecule has 0 aliphatic carbocycles. The lowest BCUT2D eigenvalue weighted by Crippen LogP contribution is -2.37. The highest BCUT2D eigenvalue weighted by atomic mass is 16.6. The average molecular weight is 161 g/mol. The summed E-state index contributed by atoms with van der Waals surface area (Å²) < 4.78 is 4.93. The van der Waals surface area contributed by atoms with Gasteiger partial charge in [-0.1, -0.05) is 0 Å². The molecule has 0 bridgehead atoms. The van der Waals surface area contributed by atoms with Crippen LogP contribution in [0.3, 0.4) is 0 Å². The summed E-state index contributed by atoms with van der Waals surface area (Å²) >= 11 is 0. The first-order valence-electron chi connectivity index (χ1n) is 3.49. The van der Waals surface area contributed by atoms with E-state index < -0.39 is 17.6 Å². The molecular weight excluding hydrogens is 146 g/mol. The number of hydroxylamine groups is 1. The number of rotatable bonds is 2. The first kappa shape index (κ1) is 10.4. The Hall–Kier alpha value is -0.610. The summed E-state index contributed by atoms with van der Waals surface area (Å²) in [6.45, 7) is 6.84. The van der Waals surface area contributed by atoms with E-state index in [9.17, 15) is 4.79 Å². The summed E-state index contributed by atoms with van der Waals surface area (Å²) in [5, 5.41) is 8.35. The van der Waals surface area contributed by atoms with Crippen LogP contribution < -0.4 is 5.48 Å². The van der Waals surface area contributed by atoms with Gasteiger partial charge in [0.25, 0.3) is 0 Å². The fourth-order valence-electron chi connectivity index (χ4n) is 0.443. The van der Waals surface area contributed by atoms with Crippen LogP contribution >= 0.6 is 0 Å². The first-order valence-corrected chi connectivity index (χ1v) is 3.49. The Morgan fingerprint density at radius 3 is 2.27 bits per heavy atom. The van der Waals surface area contributed by atoms with Crippen molar-refractivity contribution >= 4 is 5.97 Å². The van der Waals surface area contributed by atoms with Crippen molar-refractivity contribution in [2.24, 2.45) is 0 Å². The van der Waals surface area contributed by atoms with Gasteiger partial charge in [0, 0.05) is 0 Å². The highest BCUT2D eigenvalue weighted by Crippen LogP contribution is 2.07. The first-order chi connectivity index (χ1) is 4.87. The van der Waals surface area contributed by atoms with Crippen molar-refractivity contribution in [2.45, 2.75) is 39.3 Å². The van der Waals surface area contributed by atoms with E-state index in [2.05, 4.69) is 0 Å². The Balaban J connectivity index is 3.88. The molecule has 66 valence electrons. The number of hydrogen-bond acceptors (Lipinski definition) is 4. The monoisotopic (exact) mass is 161 g/mol. The van der Waals surface area contributed by atoms with Gasteiger partial charge in [-0.25, -0.2) is 0 Å². The predicted molar refractivity (Wildman–Crippen MR) is 40.2 cm³/mol. The lowest BCUT2D eigenvalue weighted by molar-refractivity contribution is -0.159. The number of nitrogens with one attached hydrogen (secondary N) is 1. The van der Waals surface area contributed by atoms with Crippen LogP contribution in [0, 0.1) is 0 Å². The van der Waals surface area contributed by atoms with E-state index in [4.69, 9.17) is 9.94 Å². The second kappa shape index (κ2) is 3.69. The zero-order valence-electron chi connectivity index (χ0n) is 7.34. The summed E-state index contributed by atoms with van der Waals surface area (Å²) in [4.78, 5) is 10.9. The number of hydrogen-bond donors (Lipinski definition) is 2. The average Bonchev–Trinajstić information content (AvgIpc) is 1.82. The molecule has 0 aromatic carbocycles. The third-order valence-corrected chi connectivity index (χ3v) is 0.954. The standard InChI is InChI=1S/C7H15NO3/c1-5(8-10)6(9)11-7(2,3)4/h5,8,10H,1-4H3/t5-/m0/s1. The van der Waals surface area contributed by atoms with Crippen LogP contribution in [0.5, 0.6) is 0 Å². The second-order valence-electron chi connectivity index (χ2n) is 3.38. The van der Waals surface area contributed by atoms with E-state index in [1.54, 1.807) is 20.8 Å². The number of carbonyl (C=O) groups is 1. The molecular formula is C7H15NO3. The predicted octanol–water partition coefficient (Wildman–Crippen LogP) is 0.695. The SMILES string of the molecule is C[C@H](NO)C(=O)OC(C)(C)C. The molecule has 4 heteroatoms. The molecule has 4 nitrogen and oxygen atoms in total. The van der Waals surface area contributed by atoms with Gasteiger partial charge in [0.15, 0.2) is 0 Å². The molecule has 11 heavy (non-hydrogen) atoms. The van der Waals surface area contributed by atoms with Crippen molar-refractivity contribution in [3.63, 3.8) is 0 Å². The Bertz CT molecular complexity index is 139. The lowest BCUT2D eigenvalue weighted by Gasteiger charge is -2.21. The topological polar surface area (TPSA) is 58.6 Å². The largest absolute Gasteiger partial charge is 0.459 e. The van der Waals surface area contributed by atoms with Crippen LogP contribution in [0.2, 0.25) is 0 Å². The minimum Gasteiger partial charge on any atom is -0.459 e. The van der Waals surface area contributed by atoms with E-state index in [1.807, 2.05) is 5.48 Å². The lowest BCUT2D eigenvalue weighted by atomic mass is 10.2. The van der Waals surface area contributed by atoms with E-state index >= 15 is 0 Å². The van der Waals surface area contributed by atoms with Crippen LogP contribution in [0.1, 0.15) is 27.7 Å². The van der Waals surface area contributed by atoms with E-state index in [-0.39, 0.29) is 0 Å². The molecule has 0 aliphatic rings. The molecule has 0 rings (SSSR count). The Morgan fingerprint density at radius 1 is 1.55 bits per heavy atom. The van der Waals surface area contributed by atoms with Gasteiger partial charge in [0.05, 0.1) is 0 Å². The van der Waals surface area contributed by atoms with E-state index in [1.165, 1.54) is 6.92 Å². The minimum atomic E-state index is -0.672. The number of ether oxygens (including phenoxy) is 1. The maximum Gasteiger partial charge on any atom is 0.325 e. The zero-order valence-corrected chi connectivity index (χ0v) is 7.34. The van der Waals surface area contributed by atoms with Crippen LogP contribution in [0.4, 0.5) is 0 Å². The summed E-state index contributed by atoms with van der Waals surface area (Å²) in [6, 6.07) is -0.672. The van der Waals surface area contributed by atoms with Gasteiger partial charge in [-0.2, -0.15) is 5.48 Å². The fourth-order valence-corrected chi connectivity index (χ4v) is 0.443. The van der Waals surface area contributed by atoms with Crippen LogP contribution in [0.15, 0.2) is 0 Å². The van der Waals surface area contributed by atoms with Gasteiger partial charge >= 0.3 is 5.97 Å². The zero-order chi connectivity index (χ0) is 9.07. The normalized spacial score (nSPS) is 14.3. The maximum atomic E-state index is 10.9. The van der Waals surface area contributed by atoms with Crippen molar-refractivity contribution in [3.8, 4) is 0 Å². The fraction of sp³-hybridized carbons (Fsp3) is 0.857. The van der Waals surface area contributed by atoms with Crippen LogP contribution in [-0.4, -0.2) is 22.8 Å². The van der Waals surface area contributed by atoms with Gasteiger partial charge in [-0.3, -0.25) is 4.79 Å². The van der Waals surface area contributed by atoms with Crippen molar-refractivity contribution < 1.29 is 14.7 Å². The maximum absolute atomic E-state index is 10.9. The van der Waals surface area contributed by atoms with Gasteiger partial charge in [-0.05, 0) is 27.7 Å². The molecule has 0 aliphatic heterocycles. The van der Waals surface area contributed by atoms with Gasteiger partial charge < -0.3 is 9.94 Å². The molecule has 0 fully saturated rings. The second-order valence-corrected chi connectivity index (χ2v) is 3.38. The van der Waals surface area contributed by atoms with E-state index in [0.717, 1.165) is 0 Å². The van der Waals surface area contributed by atoms with Gasteiger partial charge in [0.1, 0.15) is 11.6 Å². The minimum absolute atomic E-state index is 0.458. The third kappa shape index (κ3) is 4.75. The molecule has 0 amide bonds. The van der Waals surface area contributed by atoms with E-state index in [0.29, 0.717) is 0 Å². The molecule has 0 aromatic heterocycles. The summed E-state index contributed by atoms with van der Waals surface area (Å²) in [7, 11) is 0. The number of esters is 1. The van der Waals surface area contributed by atoms with Gasteiger partial charge in [0.2, 0.25) is 0 Å². The van der Waals surface area contributed by atoms with Crippen molar-refractivity contribution in [2.75, 3.05) is 0 Å². The highest BCUT2D eigenvalue weighted by molar-refractivity contribution is 5.75. The molecule has 1 atom stereocenters. The van der Waals surface area contributed by atoms with Crippen molar-refractivity contribution in [3.05, 3.63) is 0 Å². The van der Waals surface area contributed by atoms with Gasteiger partial charge in [-0.15, -0.1) is 0 Å². The Morgan fingerprint density at radius 2 is 2.00 bits per heavy atom. The quantitative estimate of drug-likeness (QED) is 0.462. The van der Waals surface area contributed by atoms with Crippen molar-refractivity contribution in [1.82, 2.24) is 5.48 Å². The molecule has 0 spiro atoms. The van der Waals surface area contributed by atoms with Crippen LogP contribution in [0.25, 0.3) is 0 Å².